The molecule has 0 amide bonds. The molecule has 2 aromatic carbocycles. The van der Waals surface area contributed by atoms with Gasteiger partial charge >= 0.3 is 0 Å². The zero-order valence-corrected chi connectivity index (χ0v) is 17.5. The van der Waals surface area contributed by atoms with E-state index in [4.69, 9.17) is 70.8 Å². The van der Waals surface area contributed by atoms with Crippen LogP contribution < -0.4 is 10.6 Å². The Bertz CT molecular complexity index is 863. The van der Waals surface area contributed by atoms with Crippen molar-refractivity contribution in [3.63, 3.8) is 0 Å². The molecule has 0 aliphatic carbocycles. The lowest BCUT2D eigenvalue weighted by atomic mass is 10.1. The highest BCUT2D eigenvalue weighted by Gasteiger charge is 2.47. The first kappa shape index (κ1) is 18.3. The first-order chi connectivity index (χ1) is 12.4. The summed E-state index contributed by atoms with van der Waals surface area (Å²) in [7, 11) is 0. The average molecular weight is 464 g/mol. The molecule has 2 aromatic rings. The van der Waals surface area contributed by atoms with Crippen LogP contribution in [0.15, 0.2) is 36.4 Å². The highest BCUT2D eigenvalue weighted by molar-refractivity contribution is 7.80. The highest BCUT2D eigenvalue weighted by atomic mass is 35.5. The second-order valence-electron chi connectivity index (χ2n) is 5.74. The summed E-state index contributed by atoms with van der Waals surface area (Å²) in [6.07, 6.45) is -0.574. The molecule has 4 nitrogen and oxygen atoms in total. The Labute approximate surface area is 180 Å². The molecule has 2 aliphatic heterocycles. The Morgan fingerprint density at radius 2 is 1.04 bits per heavy atom. The van der Waals surface area contributed by atoms with E-state index in [1.165, 1.54) is 0 Å². The van der Waals surface area contributed by atoms with E-state index in [1.807, 2.05) is 22.2 Å². The molecular formula is C16H10Cl4N4S2. The lowest BCUT2D eigenvalue weighted by molar-refractivity contribution is 0.114. The molecule has 0 spiro atoms. The predicted molar refractivity (Wildman–Crippen MR) is 114 cm³/mol. The molecule has 0 radical (unpaired) electrons. The van der Waals surface area contributed by atoms with Gasteiger partial charge in [0.2, 0.25) is 0 Å². The third-order valence-electron chi connectivity index (χ3n) is 4.18. The smallest absolute Gasteiger partial charge is 0.192 e. The Morgan fingerprint density at radius 3 is 1.38 bits per heavy atom. The summed E-state index contributed by atoms with van der Waals surface area (Å²) in [6, 6.07) is 10.8. The van der Waals surface area contributed by atoms with E-state index in [-0.39, 0.29) is 12.3 Å². The number of halogens is 4. The summed E-state index contributed by atoms with van der Waals surface area (Å²) in [6.45, 7) is 0. The summed E-state index contributed by atoms with van der Waals surface area (Å²) < 4.78 is 0. The van der Waals surface area contributed by atoms with Gasteiger partial charge in [-0.05, 0) is 59.8 Å². The van der Waals surface area contributed by atoms with Gasteiger partial charge in [-0.3, -0.25) is 0 Å². The van der Waals surface area contributed by atoms with Gasteiger partial charge in [0.15, 0.2) is 10.2 Å². The van der Waals surface area contributed by atoms with Gasteiger partial charge < -0.3 is 10.6 Å². The summed E-state index contributed by atoms with van der Waals surface area (Å²) in [4.78, 5) is 0. The van der Waals surface area contributed by atoms with E-state index >= 15 is 0 Å². The Balaban J connectivity index is 1.71. The first-order valence-electron chi connectivity index (χ1n) is 7.46. The zero-order valence-electron chi connectivity index (χ0n) is 12.8. The number of hydrazine groups is 1. The van der Waals surface area contributed by atoms with Crippen molar-refractivity contribution >= 4 is 81.1 Å². The Kier molecular flexibility index (Phi) is 4.84. The van der Waals surface area contributed by atoms with Gasteiger partial charge in [-0.1, -0.05) is 58.5 Å². The van der Waals surface area contributed by atoms with Crippen LogP contribution in [0.2, 0.25) is 20.1 Å². The standard InChI is InChI=1S/C16H10Cl4N4S2/c17-9-3-1-7(5-11(9)19)13-21-15(25)24-14(22-16(26)23(13)24)8-2-4-10(18)12(20)6-8/h1-6,13-14H,(H,21,25)(H,22,26)/t13-,14+. The summed E-state index contributed by atoms with van der Waals surface area (Å²) in [5, 5.41) is 13.3. The summed E-state index contributed by atoms with van der Waals surface area (Å²) >= 11 is 35.4. The highest BCUT2D eigenvalue weighted by Crippen LogP contribution is 2.39. The first-order valence-corrected chi connectivity index (χ1v) is 9.79. The van der Waals surface area contributed by atoms with Gasteiger partial charge in [0, 0.05) is 0 Å². The van der Waals surface area contributed by atoms with Crippen molar-refractivity contribution in [2.24, 2.45) is 0 Å². The topological polar surface area (TPSA) is 30.5 Å². The molecular weight excluding hydrogens is 454 g/mol. The molecule has 2 heterocycles. The van der Waals surface area contributed by atoms with E-state index in [2.05, 4.69) is 10.6 Å². The van der Waals surface area contributed by atoms with Gasteiger partial charge in [-0.2, -0.15) is 0 Å². The second kappa shape index (κ2) is 6.86. The van der Waals surface area contributed by atoms with E-state index < -0.39 is 0 Å². The molecule has 0 bridgehead atoms. The van der Waals surface area contributed by atoms with Crippen molar-refractivity contribution in [2.45, 2.75) is 12.3 Å². The minimum atomic E-state index is -0.287. The molecule has 0 aromatic heterocycles. The van der Waals surface area contributed by atoms with Crippen molar-refractivity contribution in [2.75, 3.05) is 0 Å². The number of benzene rings is 2. The lowest BCUT2D eigenvalue weighted by Crippen LogP contribution is -2.36. The molecule has 2 N–H and O–H groups in total. The van der Waals surface area contributed by atoms with Crippen LogP contribution in [0.5, 0.6) is 0 Å². The van der Waals surface area contributed by atoms with Crippen LogP contribution >= 0.6 is 70.8 Å². The van der Waals surface area contributed by atoms with Crippen LogP contribution in [0.3, 0.4) is 0 Å². The van der Waals surface area contributed by atoms with Crippen LogP contribution in [0.4, 0.5) is 0 Å². The molecule has 26 heavy (non-hydrogen) atoms. The van der Waals surface area contributed by atoms with Crippen LogP contribution in [-0.2, 0) is 0 Å². The maximum atomic E-state index is 6.16. The number of nitrogens with zero attached hydrogens (tertiary/aromatic N) is 2. The van der Waals surface area contributed by atoms with Crippen molar-refractivity contribution in [3.05, 3.63) is 67.6 Å². The van der Waals surface area contributed by atoms with Crippen molar-refractivity contribution < 1.29 is 0 Å². The zero-order chi connectivity index (χ0) is 18.6. The van der Waals surface area contributed by atoms with Crippen LogP contribution in [0, 0.1) is 0 Å². The number of rotatable bonds is 2. The maximum Gasteiger partial charge on any atom is 0.192 e. The normalized spacial score (nSPS) is 21.7. The minimum Gasteiger partial charge on any atom is -0.336 e. The fourth-order valence-corrected chi connectivity index (χ4v) is 4.20. The molecule has 2 atom stereocenters. The van der Waals surface area contributed by atoms with Crippen molar-refractivity contribution in [1.82, 2.24) is 20.7 Å². The van der Waals surface area contributed by atoms with Gasteiger partial charge in [-0.25, -0.2) is 10.0 Å². The summed E-state index contributed by atoms with van der Waals surface area (Å²) in [5.41, 5.74) is 1.78. The Hall–Kier alpha value is -1.02. The van der Waals surface area contributed by atoms with Gasteiger partial charge in [0.25, 0.3) is 0 Å². The SMILES string of the molecule is S=C1N[C@@H](c2ccc(Cl)c(Cl)c2)N2C(=S)N[C@H](c3ccc(Cl)c(Cl)c3)N12. The maximum absolute atomic E-state index is 6.16. The van der Waals surface area contributed by atoms with E-state index in [9.17, 15) is 0 Å². The number of nitrogens with one attached hydrogen (secondary N) is 2. The lowest BCUT2D eigenvalue weighted by Gasteiger charge is -2.27. The quantitative estimate of drug-likeness (QED) is 0.588. The fraction of sp³-hybridized carbons (Fsp3) is 0.125. The molecule has 0 unspecified atom stereocenters. The fourth-order valence-electron chi connectivity index (χ4n) is 2.98. The van der Waals surface area contributed by atoms with E-state index in [0.717, 1.165) is 11.1 Å². The largest absolute Gasteiger partial charge is 0.336 e. The van der Waals surface area contributed by atoms with E-state index in [0.29, 0.717) is 30.3 Å². The average Bonchev–Trinajstić information content (AvgIpc) is 3.12. The van der Waals surface area contributed by atoms with Crippen molar-refractivity contribution in [3.8, 4) is 0 Å². The minimum absolute atomic E-state index is 0.287. The molecule has 2 fully saturated rings. The molecule has 134 valence electrons. The van der Waals surface area contributed by atoms with Gasteiger partial charge in [0.1, 0.15) is 12.3 Å². The molecule has 10 heteroatoms. The number of fused-ring (bicyclic) bond motifs is 1. The van der Waals surface area contributed by atoms with Gasteiger partial charge in [-0.15, -0.1) is 0 Å². The molecule has 2 aliphatic rings. The Morgan fingerprint density at radius 1 is 0.654 bits per heavy atom. The third kappa shape index (κ3) is 2.99. The monoisotopic (exact) mass is 462 g/mol. The van der Waals surface area contributed by atoms with Crippen LogP contribution in [0.25, 0.3) is 0 Å². The molecule has 0 saturated carbocycles. The predicted octanol–water partition coefficient (Wildman–Crippen LogP) is 5.29. The molecule has 4 rings (SSSR count). The number of hydrogen-bond donors (Lipinski definition) is 2. The van der Waals surface area contributed by atoms with Crippen LogP contribution in [-0.4, -0.2) is 20.2 Å². The van der Waals surface area contributed by atoms with Crippen molar-refractivity contribution in [1.29, 1.82) is 0 Å². The third-order valence-corrected chi connectivity index (χ3v) is 6.26. The van der Waals surface area contributed by atoms with Gasteiger partial charge in [0.05, 0.1) is 20.1 Å². The second-order valence-corrected chi connectivity index (χ2v) is 8.14. The number of hydrogen-bond acceptors (Lipinski definition) is 2. The molecule has 2 saturated heterocycles. The summed E-state index contributed by atoms with van der Waals surface area (Å²) in [5.74, 6) is 0. The van der Waals surface area contributed by atoms with E-state index in [1.54, 1.807) is 24.3 Å². The number of thiocarbonyl (C=S) groups is 2. The van der Waals surface area contributed by atoms with Crippen LogP contribution in [0.1, 0.15) is 23.5 Å².